The summed E-state index contributed by atoms with van der Waals surface area (Å²) in [4.78, 5) is 12.2. The molecule has 0 bridgehead atoms. The van der Waals surface area contributed by atoms with Crippen molar-refractivity contribution >= 4 is 28.9 Å². The number of hydrogen-bond donors (Lipinski definition) is 1. The quantitative estimate of drug-likeness (QED) is 0.684. The standard InChI is InChI=1S/C16H21ClN4S/c1-11-12(2)22-15(20-11)9-19-16(18-3)21(4)10-13-7-5-6-8-14(13)17/h5-8H,9-10H2,1-4H3,(H,18,19). The highest BCUT2D eigenvalue weighted by Gasteiger charge is 2.10. The molecule has 0 amide bonds. The zero-order valence-electron chi connectivity index (χ0n) is 13.4. The summed E-state index contributed by atoms with van der Waals surface area (Å²) >= 11 is 7.93. The third kappa shape index (κ3) is 4.21. The van der Waals surface area contributed by atoms with Crippen LogP contribution in [0.3, 0.4) is 0 Å². The van der Waals surface area contributed by atoms with Crippen molar-refractivity contribution in [1.29, 1.82) is 0 Å². The Morgan fingerprint density at radius 3 is 2.68 bits per heavy atom. The van der Waals surface area contributed by atoms with E-state index in [4.69, 9.17) is 11.6 Å². The highest BCUT2D eigenvalue weighted by atomic mass is 35.5. The molecule has 1 aromatic heterocycles. The van der Waals surface area contributed by atoms with Gasteiger partial charge in [0.1, 0.15) is 5.01 Å². The second kappa shape index (κ2) is 7.61. The van der Waals surface area contributed by atoms with Crippen molar-refractivity contribution in [3.8, 4) is 0 Å². The molecule has 2 rings (SSSR count). The maximum atomic E-state index is 6.21. The number of guanidine groups is 1. The Kier molecular flexibility index (Phi) is 5.80. The monoisotopic (exact) mass is 336 g/mol. The van der Waals surface area contributed by atoms with E-state index >= 15 is 0 Å². The van der Waals surface area contributed by atoms with Crippen LogP contribution in [0.2, 0.25) is 5.02 Å². The Morgan fingerprint density at radius 1 is 1.36 bits per heavy atom. The van der Waals surface area contributed by atoms with Crippen molar-refractivity contribution in [1.82, 2.24) is 15.2 Å². The highest BCUT2D eigenvalue weighted by molar-refractivity contribution is 7.11. The summed E-state index contributed by atoms with van der Waals surface area (Å²) in [7, 11) is 3.78. The fraction of sp³-hybridized carbons (Fsp3) is 0.375. The van der Waals surface area contributed by atoms with Gasteiger partial charge < -0.3 is 10.2 Å². The number of aliphatic imine (C=N–C) groups is 1. The molecule has 0 radical (unpaired) electrons. The van der Waals surface area contributed by atoms with Gasteiger partial charge in [0.2, 0.25) is 0 Å². The molecular weight excluding hydrogens is 316 g/mol. The zero-order valence-corrected chi connectivity index (χ0v) is 14.9. The van der Waals surface area contributed by atoms with E-state index in [1.807, 2.05) is 38.2 Å². The number of benzene rings is 1. The molecule has 1 aromatic carbocycles. The SMILES string of the molecule is CN=C(NCc1nc(C)c(C)s1)N(C)Cc1ccccc1Cl. The lowest BCUT2D eigenvalue weighted by Gasteiger charge is -2.22. The van der Waals surface area contributed by atoms with Crippen LogP contribution in [0.25, 0.3) is 0 Å². The molecule has 0 atom stereocenters. The van der Waals surface area contributed by atoms with Gasteiger partial charge in [-0.05, 0) is 25.5 Å². The van der Waals surface area contributed by atoms with Gasteiger partial charge in [-0.15, -0.1) is 11.3 Å². The Bertz CT molecular complexity index is 646. The van der Waals surface area contributed by atoms with Crippen LogP contribution < -0.4 is 5.32 Å². The molecule has 2 aromatic rings. The molecule has 0 aliphatic carbocycles. The third-order valence-electron chi connectivity index (χ3n) is 3.41. The van der Waals surface area contributed by atoms with Crippen molar-refractivity contribution in [3.05, 3.63) is 50.4 Å². The van der Waals surface area contributed by atoms with Crippen molar-refractivity contribution in [2.24, 2.45) is 4.99 Å². The van der Waals surface area contributed by atoms with Crippen molar-refractivity contribution < 1.29 is 0 Å². The van der Waals surface area contributed by atoms with Crippen LogP contribution in [0, 0.1) is 13.8 Å². The molecule has 0 aliphatic heterocycles. The van der Waals surface area contributed by atoms with Crippen LogP contribution in [-0.2, 0) is 13.1 Å². The van der Waals surface area contributed by atoms with E-state index in [2.05, 4.69) is 27.1 Å². The van der Waals surface area contributed by atoms with Gasteiger partial charge in [0, 0.05) is 30.5 Å². The van der Waals surface area contributed by atoms with E-state index in [-0.39, 0.29) is 0 Å². The molecule has 0 spiro atoms. The minimum absolute atomic E-state index is 0.679. The average Bonchev–Trinajstić information content (AvgIpc) is 2.81. The van der Waals surface area contributed by atoms with Gasteiger partial charge in [0.05, 0.1) is 12.2 Å². The summed E-state index contributed by atoms with van der Waals surface area (Å²) in [6, 6.07) is 7.86. The lowest BCUT2D eigenvalue weighted by molar-refractivity contribution is 0.476. The van der Waals surface area contributed by atoms with E-state index in [1.54, 1.807) is 18.4 Å². The smallest absolute Gasteiger partial charge is 0.194 e. The molecule has 0 saturated heterocycles. The first-order valence-electron chi connectivity index (χ1n) is 7.09. The predicted molar refractivity (Wildman–Crippen MR) is 94.7 cm³/mol. The van der Waals surface area contributed by atoms with E-state index in [1.165, 1.54) is 4.88 Å². The van der Waals surface area contributed by atoms with Crippen LogP contribution >= 0.6 is 22.9 Å². The van der Waals surface area contributed by atoms with E-state index in [0.29, 0.717) is 13.1 Å². The van der Waals surface area contributed by atoms with Crippen molar-refractivity contribution in [3.63, 3.8) is 0 Å². The van der Waals surface area contributed by atoms with Crippen LogP contribution in [-0.4, -0.2) is 29.9 Å². The fourth-order valence-corrected chi connectivity index (χ4v) is 3.18. The lowest BCUT2D eigenvalue weighted by Crippen LogP contribution is -2.38. The number of thiazole rings is 1. The van der Waals surface area contributed by atoms with Crippen LogP contribution in [0.5, 0.6) is 0 Å². The first-order chi connectivity index (χ1) is 10.5. The number of aryl methyl sites for hydroxylation is 2. The maximum Gasteiger partial charge on any atom is 0.194 e. The number of aromatic nitrogens is 1. The fourth-order valence-electron chi connectivity index (χ4n) is 2.11. The Balaban J connectivity index is 1.98. The van der Waals surface area contributed by atoms with Crippen LogP contribution in [0.15, 0.2) is 29.3 Å². The molecule has 4 nitrogen and oxygen atoms in total. The zero-order chi connectivity index (χ0) is 16.1. The normalized spacial score (nSPS) is 11.6. The topological polar surface area (TPSA) is 40.5 Å². The number of nitrogens with one attached hydrogen (secondary N) is 1. The summed E-state index contributed by atoms with van der Waals surface area (Å²) < 4.78 is 0. The van der Waals surface area contributed by atoms with Gasteiger partial charge in [-0.2, -0.15) is 0 Å². The summed E-state index contributed by atoms with van der Waals surface area (Å²) in [5, 5.41) is 5.19. The molecule has 22 heavy (non-hydrogen) atoms. The molecule has 0 saturated carbocycles. The van der Waals surface area contributed by atoms with Crippen molar-refractivity contribution in [2.75, 3.05) is 14.1 Å². The molecule has 1 N–H and O–H groups in total. The Morgan fingerprint density at radius 2 is 2.09 bits per heavy atom. The number of rotatable bonds is 4. The van der Waals surface area contributed by atoms with Gasteiger partial charge in [-0.25, -0.2) is 4.98 Å². The number of hydrogen-bond acceptors (Lipinski definition) is 3. The van der Waals surface area contributed by atoms with Crippen LogP contribution in [0.4, 0.5) is 0 Å². The molecule has 0 unspecified atom stereocenters. The summed E-state index contributed by atoms with van der Waals surface area (Å²) in [6.07, 6.45) is 0. The second-order valence-corrected chi connectivity index (χ2v) is 6.79. The van der Waals surface area contributed by atoms with Gasteiger partial charge in [0.15, 0.2) is 5.96 Å². The summed E-state index contributed by atoms with van der Waals surface area (Å²) in [6.45, 7) is 5.51. The van der Waals surface area contributed by atoms with Crippen molar-refractivity contribution in [2.45, 2.75) is 26.9 Å². The lowest BCUT2D eigenvalue weighted by atomic mass is 10.2. The Labute approximate surface area is 140 Å². The highest BCUT2D eigenvalue weighted by Crippen LogP contribution is 2.17. The first-order valence-corrected chi connectivity index (χ1v) is 8.28. The second-order valence-electron chi connectivity index (χ2n) is 5.10. The third-order valence-corrected chi connectivity index (χ3v) is 4.85. The average molecular weight is 337 g/mol. The summed E-state index contributed by atoms with van der Waals surface area (Å²) in [5.41, 5.74) is 2.18. The Hall–Kier alpha value is -1.59. The maximum absolute atomic E-state index is 6.21. The minimum atomic E-state index is 0.679. The van der Waals surface area contributed by atoms with E-state index in [0.717, 1.165) is 27.2 Å². The van der Waals surface area contributed by atoms with Gasteiger partial charge in [-0.1, -0.05) is 29.8 Å². The van der Waals surface area contributed by atoms with E-state index in [9.17, 15) is 0 Å². The van der Waals surface area contributed by atoms with Gasteiger partial charge >= 0.3 is 0 Å². The molecule has 1 heterocycles. The van der Waals surface area contributed by atoms with Gasteiger partial charge in [0.25, 0.3) is 0 Å². The summed E-state index contributed by atoms with van der Waals surface area (Å²) in [5.74, 6) is 0.824. The molecule has 0 fully saturated rings. The number of nitrogens with zero attached hydrogens (tertiary/aromatic N) is 3. The molecular formula is C16H21ClN4S. The van der Waals surface area contributed by atoms with Crippen LogP contribution in [0.1, 0.15) is 21.1 Å². The molecule has 6 heteroatoms. The van der Waals surface area contributed by atoms with E-state index < -0.39 is 0 Å². The molecule has 0 aliphatic rings. The molecule has 118 valence electrons. The predicted octanol–water partition coefficient (Wildman–Crippen LogP) is 3.62. The minimum Gasteiger partial charge on any atom is -0.350 e. The largest absolute Gasteiger partial charge is 0.350 e. The first kappa shape index (κ1) is 16.8. The van der Waals surface area contributed by atoms with Gasteiger partial charge in [-0.3, -0.25) is 4.99 Å². The number of halogens is 1.